The van der Waals surface area contributed by atoms with Crippen LogP contribution in [0, 0.1) is 0 Å². The Morgan fingerprint density at radius 3 is 2.63 bits per heavy atom. The molecule has 0 atom stereocenters. The minimum atomic E-state index is -0.326. The zero-order chi connectivity index (χ0) is 19.8. The second kappa shape index (κ2) is 9.33. The third-order valence-electron chi connectivity index (χ3n) is 3.79. The summed E-state index contributed by atoms with van der Waals surface area (Å²) in [6.45, 7) is 0. The van der Waals surface area contributed by atoms with Crippen LogP contribution in [0.25, 0.3) is 6.08 Å². The molecule has 0 amide bonds. The lowest BCUT2D eigenvalue weighted by molar-refractivity contribution is -0.124. The molecular formula is C21H20O6. The first-order valence-corrected chi connectivity index (χ1v) is 8.21. The van der Waals surface area contributed by atoms with E-state index in [9.17, 15) is 19.5 Å². The third-order valence-corrected chi connectivity index (χ3v) is 3.79. The van der Waals surface area contributed by atoms with Gasteiger partial charge >= 0.3 is 0 Å². The Kier molecular flexibility index (Phi) is 6.88. The molecule has 1 aromatic rings. The van der Waals surface area contributed by atoms with Gasteiger partial charge in [-0.05, 0) is 41.5 Å². The van der Waals surface area contributed by atoms with E-state index < -0.39 is 0 Å². The summed E-state index contributed by atoms with van der Waals surface area (Å²) in [6, 6.07) is 4.68. The van der Waals surface area contributed by atoms with Crippen molar-refractivity contribution in [1.82, 2.24) is 0 Å². The highest BCUT2D eigenvalue weighted by atomic mass is 16.5. The number of carbonyl (C=O) groups is 3. The van der Waals surface area contributed by atoms with Crippen molar-refractivity contribution in [2.24, 2.45) is 0 Å². The fourth-order valence-corrected chi connectivity index (χ4v) is 2.36. The van der Waals surface area contributed by atoms with E-state index in [0.717, 1.165) is 0 Å². The molecule has 1 aromatic carbocycles. The highest BCUT2D eigenvalue weighted by Crippen LogP contribution is 2.26. The Labute approximate surface area is 157 Å². The standard InChI is InChI=1S/C21H20O6/c1-26-20-11-14(5-9-18(20)24)3-7-16(22)13-17(23)8-4-15-6-10-19(25)21(12-15)27-2/h3-7,9-12,24H,8,13H2,1-2H3/b7-3?,15-4+. The number of allylic oxidation sites excluding steroid dienone is 6. The van der Waals surface area contributed by atoms with Crippen molar-refractivity contribution in [3.05, 3.63) is 65.5 Å². The van der Waals surface area contributed by atoms with E-state index >= 15 is 0 Å². The van der Waals surface area contributed by atoms with E-state index in [1.165, 1.54) is 32.4 Å². The van der Waals surface area contributed by atoms with Crippen LogP contribution in [-0.4, -0.2) is 36.7 Å². The summed E-state index contributed by atoms with van der Waals surface area (Å²) >= 11 is 0. The second-order valence-corrected chi connectivity index (χ2v) is 5.76. The van der Waals surface area contributed by atoms with Gasteiger partial charge in [-0.3, -0.25) is 14.4 Å². The third kappa shape index (κ3) is 5.81. The van der Waals surface area contributed by atoms with E-state index in [1.807, 2.05) is 0 Å². The molecule has 0 aromatic heterocycles. The number of hydrogen-bond donors (Lipinski definition) is 1. The van der Waals surface area contributed by atoms with E-state index in [2.05, 4.69) is 0 Å². The lowest BCUT2D eigenvalue weighted by Gasteiger charge is -2.07. The number of phenols is 1. The number of ether oxygens (including phenoxy) is 2. The predicted molar refractivity (Wildman–Crippen MR) is 100 cm³/mol. The molecule has 1 N–H and O–H groups in total. The molecule has 0 fully saturated rings. The van der Waals surface area contributed by atoms with Crippen LogP contribution in [0.1, 0.15) is 18.4 Å². The maximum atomic E-state index is 12.0. The van der Waals surface area contributed by atoms with Gasteiger partial charge in [0.2, 0.25) is 5.78 Å². The Hall–Kier alpha value is -3.41. The van der Waals surface area contributed by atoms with Crippen molar-refractivity contribution in [2.75, 3.05) is 14.2 Å². The highest BCUT2D eigenvalue weighted by molar-refractivity contribution is 6.07. The summed E-state index contributed by atoms with van der Waals surface area (Å²) in [7, 11) is 2.84. The Bertz CT molecular complexity index is 871. The molecule has 0 unspecified atom stereocenters. The smallest absolute Gasteiger partial charge is 0.220 e. The van der Waals surface area contributed by atoms with E-state index in [0.29, 0.717) is 16.9 Å². The molecule has 6 nitrogen and oxygen atoms in total. The number of methoxy groups -OCH3 is 2. The van der Waals surface area contributed by atoms with Gasteiger partial charge in [0, 0.05) is 6.42 Å². The molecule has 1 aliphatic rings. The number of carbonyl (C=O) groups excluding carboxylic acids is 3. The van der Waals surface area contributed by atoms with Gasteiger partial charge in [0.1, 0.15) is 5.78 Å². The molecule has 2 rings (SSSR count). The first-order valence-electron chi connectivity index (χ1n) is 8.21. The molecule has 6 heteroatoms. The van der Waals surface area contributed by atoms with Crippen molar-refractivity contribution in [2.45, 2.75) is 12.8 Å². The van der Waals surface area contributed by atoms with Crippen molar-refractivity contribution >= 4 is 23.4 Å². The van der Waals surface area contributed by atoms with E-state index in [4.69, 9.17) is 9.47 Å². The van der Waals surface area contributed by atoms with Crippen LogP contribution < -0.4 is 4.74 Å². The van der Waals surface area contributed by atoms with Gasteiger partial charge in [0.25, 0.3) is 0 Å². The molecule has 140 valence electrons. The number of benzene rings is 1. The monoisotopic (exact) mass is 368 g/mol. The molecular weight excluding hydrogens is 348 g/mol. The lowest BCUT2D eigenvalue weighted by atomic mass is 10.0. The minimum absolute atomic E-state index is 0.00772. The van der Waals surface area contributed by atoms with Crippen LogP contribution in [0.4, 0.5) is 0 Å². The van der Waals surface area contributed by atoms with Gasteiger partial charge in [-0.15, -0.1) is 0 Å². The topological polar surface area (TPSA) is 89.9 Å². The fourth-order valence-electron chi connectivity index (χ4n) is 2.36. The summed E-state index contributed by atoms with van der Waals surface area (Å²) in [6.07, 6.45) is 8.89. The quantitative estimate of drug-likeness (QED) is 0.560. The Morgan fingerprint density at radius 2 is 1.93 bits per heavy atom. The normalized spacial score (nSPS) is 15.1. The van der Waals surface area contributed by atoms with E-state index in [-0.39, 0.29) is 41.7 Å². The number of rotatable bonds is 8. The second-order valence-electron chi connectivity index (χ2n) is 5.76. The zero-order valence-corrected chi connectivity index (χ0v) is 15.1. The molecule has 0 spiro atoms. The summed E-state index contributed by atoms with van der Waals surface area (Å²) < 4.78 is 9.95. The molecule has 1 aliphatic carbocycles. The first kappa shape index (κ1) is 19.9. The number of ketones is 3. The molecule has 0 aliphatic heterocycles. The van der Waals surface area contributed by atoms with Crippen LogP contribution in [0.5, 0.6) is 11.5 Å². The largest absolute Gasteiger partial charge is 0.504 e. The Morgan fingerprint density at radius 1 is 1.15 bits per heavy atom. The maximum absolute atomic E-state index is 12.0. The molecule has 0 saturated heterocycles. The van der Waals surface area contributed by atoms with Crippen LogP contribution in [0.3, 0.4) is 0 Å². The van der Waals surface area contributed by atoms with Crippen LogP contribution in [0.2, 0.25) is 0 Å². The number of Topliss-reactive ketones (excluding diaryl/α,β-unsaturated/α-hetero) is 1. The maximum Gasteiger partial charge on any atom is 0.220 e. The Balaban J connectivity index is 1.91. The van der Waals surface area contributed by atoms with Crippen molar-refractivity contribution in [3.63, 3.8) is 0 Å². The van der Waals surface area contributed by atoms with Gasteiger partial charge in [0.15, 0.2) is 23.0 Å². The molecule has 0 radical (unpaired) electrons. The minimum Gasteiger partial charge on any atom is -0.504 e. The number of phenolic OH excluding ortho intramolecular Hbond substituents is 1. The first-order chi connectivity index (χ1) is 12.9. The molecule has 0 saturated carbocycles. The number of hydrogen-bond acceptors (Lipinski definition) is 6. The fraction of sp³-hybridized carbons (Fsp3) is 0.190. The average Bonchev–Trinajstić information content (AvgIpc) is 2.66. The highest BCUT2D eigenvalue weighted by Gasteiger charge is 2.12. The molecule has 27 heavy (non-hydrogen) atoms. The van der Waals surface area contributed by atoms with Crippen molar-refractivity contribution in [1.29, 1.82) is 0 Å². The van der Waals surface area contributed by atoms with Crippen LogP contribution in [0.15, 0.2) is 59.9 Å². The predicted octanol–water partition coefficient (Wildman–Crippen LogP) is 2.93. The average molecular weight is 368 g/mol. The summed E-state index contributed by atoms with van der Waals surface area (Å²) in [5, 5.41) is 9.54. The van der Waals surface area contributed by atoms with Gasteiger partial charge in [-0.25, -0.2) is 0 Å². The van der Waals surface area contributed by atoms with Gasteiger partial charge < -0.3 is 14.6 Å². The molecule has 0 heterocycles. The van der Waals surface area contributed by atoms with Crippen LogP contribution >= 0.6 is 0 Å². The molecule has 0 bridgehead atoms. The van der Waals surface area contributed by atoms with Crippen LogP contribution in [-0.2, 0) is 19.1 Å². The zero-order valence-electron chi connectivity index (χ0n) is 15.1. The van der Waals surface area contributed by atoms with Gasteiger partial charge in [0.05, 0.1) is 20.6 Å². The summed E-state index contributed by atoms with van der Waals surface area (Å²) in [5.41, 5.74) is 1.35. The van der Waals surface area contributed by atoms with E-state index in [1.54, 1.807) is 36.4 Å². The lowest BCUT2D eigenvalue weighted by Crippen LogP contribution is -2.06. The van der Waals surface area contributed by atoms with Gasteiger partial charge in [-0.2, -0.15) is 0 Å². The van der Waals surface area contributed by atoms with Crippen molar-refractivity contribution < 1.29 is 29.0 Å². The SMILES string of the molecule is COC1=C/C(=C/CC(=O)CC(=O)C=Cc2ccc(O)c(OC)c2)C=CC1=O. The van der Waals surface area contributed by atoms with Crippen molar-refractivity contribution in [3.8, 4) is 11.5 Å². The van der Waals surface area contributed by atoms with Gasteiger partial charge in [-0.1, -0.05) is 24.3 Å². The summed E-state index contributed by atoms with van der Waals surface area (Å²) in [5.74, 6) is -0.277. The summed E-state index contributed by atoms with van der Waals surface area (Å²) in [4.78, 5) is 35.4. The number of aromatic hydroxyl groups is 1.